The summed E-state index contributed by atoms with van der Waals surface area (Å²) in [7, 11) is 1.78. The molecule has 3 nitrogen and oxygen atoms in total. The predicted octanol–water partition coefficient (Wildman–Crippen LogP) is 1.27. The number of alkyl halides is 3. The Bertz CT molecular complexity index is 162. The summed E-state index contributed by atoms with van der Waals surface area (Å²) in [6.45, 7) is 1.61. The summed E-state index contributed by atoms with van der Waals surface area (Å²) in [6.07, 6.45) is -4.03. The second-order valence-corrected chi connectivity index (χ2v) is 3.61. The van der Waals surface area contributed by atoms with Crippen LogP contribution in [0.2, 0.25) is 0 Å². The molecule has 0 aromatic heterocycles. The molecule has 0 fully saturated rings. The molecule has 0 aromatic carbocycles. The number of likely N-dealkylation sites (N-methyl/N-ethyl adjacent to an activating group) is 1. The molecule has 1 unspecified atom stereocenters. The standard InChI is InChI=1S/C9H18F3NO2/c1-8(14)3-4-13(2)5-6-15-7-9(10,11)12/h8,14H,3-7H2,1-2H3. The highest BCUT2D eigenvalue weighted by molar-refractivity contribution is 4.55. The van der Waals surface area contributed by atoms with Gasteiger partial charge in [0.25, 0.3) is 0 Å². The third-order valence-corrected chi connectivity index (χ3v) is 1.81. The minimum absolute atomic E-state index is 0.0514. The maximum atomic E-state index is 11.7. The van der Waals surface area contributed by atoms with Crippen LogP contribution in [0.15, 0.2) is 0 Å². The Balaban J connectivity index is 3.35. The Morgan fingerprint density at radius 1 is 1.33 bits per heavy atom. The molecule has 0 aromatic rings. The van der Waals surface area contributed by atoms with Crippen molar-refractivity contribution in [2.24, 2.45) is 0 Å². The Hall–Kier alpha value is -0.330. The van der Waals surface area contributed by atoms with Gasteiger partial charge < -0.3 is 14.7 Å². The number of ether oxygens (including phenoxy) is 1. The SMILES string of the molecule is CC(O)CCN(C)CCOCC(F)(F)F. The fourth-order valence-electron chi connectivity index (χ4n) is 0.927. The summed E-state index contributed by atoms with van der Waals surface area (Å²) in [4.78, 5) is 1.82. The van der Waals surface area contributed by atoms with Gasteiger partial charge in [0.1, 0.15) is 6.61 Å². The lowest BCUT2D eigenvalue weighted by Gasteiger charge is -2.17. The third kappa shape index (κ3) is 11.6. The number of aliphatic hydroxyl groups excluding tert-OH is 1. The van der Waals surface area contributed by atoms with Crippen LogP contribution in [0.5, 0.6) is 0 Å². The molecule has 0 heterocycles. The van der Waals surface area contributed by atoms with Gasteiger partial charge in [-0.05, 0) is 20.4 Å². The summed E-state index contributed by atoms with van der Waals surface area (Å²) >= 11 is 0. The Labute approximate surface area is 87.8 Å². The molecule has 0 rings (SSSR count). The maximum Gasteiger partial charge on any atom is 0.411 e. The molecule has 1 atom stereocenters. The van der Waals surface area contributed by atoms with Crippen LogP contribution in [-0.4, -0.2) is 55.6 Å². The fraction of sp³-hybridized carbons (Fsp3) is 1.00. The highest BCUT2D eigenvalue weighted by Crippen LogP contribution is 2.14. The molecule has 0 aliphatic heterocycles. The number of aliphatic hydroxyl groups is 1. The second-order valence-electron chi connectivity index (χ2n) is 3.61. The van der Waals surface area contributed by atoms with E-state index in [4.69, 9.17) is 5.11 Å². The van der Waals surface area contributed by atoms with Gasteiger partial charge in [-0.3, -0.25) is 0 Å². The zero-order valence-electron chi connectivity index (χ0n) is 9.05. The molecule has 0 amide bonds. The molecule has 92 valence electrons. The van der Waals surface area contributed by atoms with Crippen molar-refractivity contribution in [1.29, 1.82) is 0 Å². The van der Waals surface area contributed by atoms with E-state index in [9.17, 15) is 13.2 Å². The Morgan fingerprint density at radius 3 is 2.40 bits per heavy atom. The van der Waals surface area contributed by atoms with Gasteiger partial charge in [-0.25, -0.2) is 0 Å². The molecule has 0 radical (unpaired) electrons. The average molecular weight is 229 g/mol. The van der Waals surface area contributed by atoms with E-state index < -0.39 is 12.8 Å². The van der Waals surface area contributed by atoms with Crippen LogP contribution in [-0.2, 0) is 4.74 Å². The lowest BCUT2D eigenvalue weighted by molar-refractivity contribution is -0.174. The topological polar surface area (TPSA) is 32.7 Å². The van der Waals surface area contributed by atoms with Crippen molar-refractivity contribution in [2.75, 3.05) is 33.4 Å². The summed E-state index contributed by atoms with van der Waals surface area (Å²) in [6, 6.07) is 0. The molecule has 0 saturated heterocycles. The summed E-state index contributed by atoms with van der Waals surface area (Å²) in [5, 5.41) is 8.97. The minimum Gasteiger partial charge on any atom is -0.393 e. The number of hydrogen-bond acceptors (Lipinski definition) is 3. The van der Waals surface area contributed by atoms with E-state index in [-0.39, 0.29) is 12.7 Å². The van der Waals surface area contributed by atoms with Crippen molar-refractivity contribution >= 4 is 0 Å². The van der Waals surface area contributed by atoms with Crippen LogP contribution in [0.4, 0.5) is 13.2 Å². The van der Waals surface area contributed by atoms with E-state index in [0.717, 1.165) is 0 Å². The van der Waals surface area contributed by atoms with Crippen LogP contribution < -0.4 is 0 Å². The van der Waals surface area contributed by atoms with Crippen LogP contribution >= 0.6 is 0 Å². The van der Waals surface area contributed by atoms with Crippen LogP contribution in [0.25, 0.3) is 0 Å². The molecule has 0 spiro atoms. The number of halogens is 3. The monoisotopic (exact) mass is 229 g/mol. The highest BCUT2D eigenvalue weighted by Gasteiger charge is 2.27. The first-order valence-corrected chi connectivity index (χ1v) is 4.82. The average Bonchev–Trinajstić information content (AvgIpc) is 2.07. The van der Waals surface area contributed by atoms with Crippen molar-refractivity contribution in [2.45, 2.75) is 25.6 Å². The smallest absolute Gasteiger partial charge is 0.393 e. The molecule has 0 saturated carbocycles. The summed E-state index contributed by atoms with van der Waals surface area (Å²) < 4.78 is 39.4. The van der Waals surface area contributed by atoms with E-state index >= 15 is 0 Å². The van der Waals surface area contributed by atoms with Gasteiger partial charge in [0.15, 0.2) is 0 Å². The number of hydrogen-bond donors (Lipinski definition) is 1. The molecule has 0 bridgehead atoms. The largest absolute Gasteiger partial charge is 0.411 e. The van der Waals surface area contributed by atoms with Crippen molar-refractivity contribution < 1.29 is 23.0 Å². The number of rotatable bonds is 7. The second kappa shape index (κ2) is 7.03. The van der Waals surface area contributed by atoms with Gasteiger partial charge in [0.05, 0.1) is 12.7 Å². The number of nitrogens with zero attached hydrogens (tertiary/aromatic N) is 1. The quantitative estimate of drug-likeness (QED) is 0.667. The van der Waals surface area contributed by atoms with E-state index in [1.54, 1.807) is 14.0 Å². The molecule has 15 heavy (non-hydrogen) atoms. The normalized spacial score (nSPS) is 14.6. The van der Waals surface area contributed by atoms with Crippen LogP contribution in [0.1, 0.15) is 13.3 Å². The Kier molecular flexibility index (Phi) is 6.87. The zero-order valence-corrected chi connectivity index (χ0v) is 9.05. The summed E-state index contributed by atoms with van der Waals surface area (Å²) in [5.41, 5.74) is 0. The lowest BCUT2D eigenvalue weighted by Crippen LogP contribution is -2.28. The van der Waals surface area contributed by atoms with Crippen molar-refractivity contribution in [3.8, 4) is 0 Å². The van der Waals surface area contributed by atoms with Crippen molar-refractivity contribution in [1.82, 2.24) is 4.90 Å². The molecule has 6 heteroatoms. The first-order chi connectivity index (χ1) is 6.81. The van der Waals surface area contributed by atoms with Crippen LogP contribution in [0, 0.1) is 0 Å². The first kappa shape index (κ1) is 14.7. The zero-order chi connectivity index (χ0) is 11.9. The summed E-state index contributed by atoms with van der Waals surface area (Å²) in [5.74, 6) is 0. The lowest BCUT2D eigenvalue weighted by atomic mass is 10.3. The maximum absolute atomic E-state index is 11.7. The van der Waals surface area contributed by atoms with Gasteiger partial charge in [-0.2, -0.15) is 13.2 Å². The molecule has 1 N–H and O–H groups in total. The van der Waals surface area contributed by atoms with E-state index in [2.05, 4.69) is 4.74 Å². The highest BCUT2D eigenvalue weighted by atomic mass is 19.4. The van der Waals surface area contributed by atoms with Gasteiger partial charge >= 0.3 is 6.18 Å². The molecular weight excluding hydrogens is 211 g/mol. The third-order valence-electron chi connectivity index (χ3n) is 1.81. The fourth-order valence-corrected chi connectivity index (χ4v) is 0.927. The van der Waals surface area contributed by atoms with Gasteiger partial charge in [0, 0.05) is 13.1 Å². The first-order valence-electron chi connectivity index (χ1n) is 4.82. The molecule has 0 aliphatic rings. The Morgan fingerprint density at radius 2 is 1.93 bits per heavy atom. The van der Waals surface area contributed by atoms with Gasteiger partial charge in [-0.15, -0.1) is 0 Å². The van der Waals surface area contributed by atoms with E-state index in [1.807, 2.05) is 4.90 Å². The predicted molar refractivity (Wildman–Crippen MR) is 50.7 cm³/mol. The van der Waals surface area contributed by atoms with Gasteiger partial charge in [-0.1, -0.05) is 0 Å². The van der Waals surface area contributed by atoms with E-state index in [0.29, 0.717) is 19.5 Å². The van der Waals surface area contributed by atoms with Crippen LogP contribution in [0.3, 0.4) is 0 Å². The molecule has 0 aliphatic carbocycles. The van der Waals surface area contributed by atoms with E-state index in [1.165, 1.54) is 0 Å². The van der Waals surface area contributed by atoms with Crippen molar-refractivity contribution in [3.63, 3.8) is 0 Å². The minimum atomic E-state index is -4.25. The van der Waals surface area contributed by atoms with Gasteiger partial charge in [0.2, 0.25) is 0 Å². The molecular formula is C9H18F3NO2. The van der Waals surface area contributed by atoms with Crippen molar-refractivity contribution in [3.05, 3.63) is 0 Å².